The highest BCUT2D eigenvalue weighted by atomic mass is 35.5. The summed E-state index contributed by atoms with van der Waals surface area (Å²) >= 11 is 12.4. The lowest BCUT2D eigenvalue weighted by Crippen LogP contribution is -2.24. The Morgan fingerprint density at radius 2 is 1.66 bits per heavy atom. The summed E-state index contributed by atoms with van der Waals surface area (Å²) in [5.74, 6) is 0.0828. The number of carbonyl (C=O) groups is 1. The monoisotopic (exact) mass is 479 g/mol. The molecule has 0 radical (unpaired) electrons. The second-order valence-corrected chi connectivity index (χ2v) is 10.2. The van der Waals surface area contributed by atoms with E-state index in [9.17, 15) is 9.90 Å². The number of nitrogens with one attached hydrogen (secondary N) is 1. The van der Waals surface area contributed by atoms with Crippen LogP contribution in [0.25, 0.3) is 0 Å². The topological polar surface area (TPSA) is 58.6 Å². The smallest absolute Gasteiger partial charge is 0.262 e. The van der Waals surface area contributed by atoms with Gasteiger partial charge in [0.15, 0.2) is 12.4 Å². The fraction of sp³-hybridized carbons (Fsp3) is 0.500. The lowest BCUT2D eigenvalue weighted by atomic mass is 9.76. The number of hydrogen-bond acceptors (Lipinski definition) is 3. The van der Waals surface area contributed by atoms with Crippen molar-refractivity contribution in [1.29, 1.82) is 0 Å². The van der Waals surface area contributed by atoms with E-state index in [1.807, 2.05) is 13.0 Å². The van der Waals surface area contributed by atoms with E-state index in [4.69, 9.17) is 27.9 Å². The van der Waals surface area contributed by atoms with Crippen LogP contribution < -0.4 is 10.1 Å². The van der Waals surface area contributed by atoms with E-state index in [2.05, 4.69) is 59.0 Å². The van der Waals surface area contributed by atoms with Gasteiger partial charge in [0.25, 0.3) is 5.91 Å². The van der Waals surface area contributed by atoms with Crippen molar-refractivity contribution in [3.63, 3.8) is 0 Å². The molecule has 176 valence electrons. The first-order valence-corrected chi connectivity index (χ1v) is 11.9. The van der Waals surface area contributed by atoms with Crippen molar-refractivity contribution in [3.05, 3.63) is 51.0 Å². The van der Waals surface area contributed by atoms with E-state index in [1.54, 1.807) is 0 Å². The minimum Gasteiger partial charge on any atom is -0.504 e. The molecule has 2 aromatic rings. The predicted octanol–water partition coefficient (Wildman–Crippen LogP) is 7.65. The SMILES string of the molecule is CCc1c(Cl)cc(NC(=O)COc2ccc(C(C)(C)CC)cc2C(C)(C)CC)c(O)c1Cl. The highest BCUT2D eigenvalue weighted by Gasteiger charge is 2.27. The van der Waals surface area contributed by atoms with E-state index < -0.39 is 5.91 Å². The number of aromatic hydroxyl groups is 1. The summed E-state index contributed by atoms with van der Waals surface area (Å²) in [5, 5.41) is 13.5. The fourth-order valence-corrected chi connectivity index (χ4v) is 4.12. The normalized spacial score (nSPS) is 12.0. The Balaban J connectivity index is 2.26. The Labute approximate surface area is 202 Å². The quantitative estimate of drug-likeness (QED) is 0.362. The van der Waals surface area contributed by atoms with Crippen LogP contribution in [-0.4, -0.2) is 17.6 Å². The number of rotatable bonds is 9. The zero-order valence-corrected chi connectivity index (χ0v) is 21.7. The number of amides is 1. The fourth-order valence-electron chi connectivity index (χ4n) is 3.40. The summed E-state index contributed by atoms with van der Waals surface area (Å²) in [6.45, 7) is 14.8. The molecule has 2 aromatic carbocycles. The molecule has 0 fully saturated rings. The van der Waals surface area contributed by atoms with E-state index >= 15 is 0 Å². The number of hydrogen-bond donors (Lipinski definition) is 2. The van der Waals surface area contributed by atoms with E-state index in [1.165, 1.54) is 11.6 Å². The van der Waals surface area contributed by atoms with Crippen molar-refractivity contribution in [2.45, 2.75) is 78.6 Å². The summed E-state index contributed by atoms with van der Waals surface area (Å²) in [7, 11) is 0. The van der Waals surface area contributed by atoms with Crippen LogP contribution in [-0.2, 0) is 22.0 Å². The molecular formula is C26H35Cl2NO3. The van der Waals surface area contributed by atoms with E-state index in [0.29, 0.717) is 22.8 Å². The molecule has 32 heavy (non-hydrogen) atoms. The average molecular weight is 480 g/mol. The third kappa shape index (κ3) is 5.71. The van der Waals surface area contributed by atoms with Gasteiger partial charge >= 0.3 is 0 Å². The van der Waals surface area contributed by atoms with Crippen LogP contribution in [0.4, 0.5) is 5.69 Å². The van der Waals surface area contributed by atoms with Crippen LogP contribution in [0.1, 0.15) is 78.0 Å². The molecule has 1 amide bonds. The maximum atomic E-state index is 12.6. The van der Waals surface area contributed by atoms with Gasteiger partial charge in [-0.2, -0.15) is 0 Å². The molecule has 4 nitrogen and oxygen atoms in total. The van der Waals surface area contributed by atoms with Gasteiger partial charge in [0, 0.05) is 10.6 Å². The number of phenolic OH excluding ortho intramolecular Hbond substituents is 1. The molecule has 2 N–H and O–H groups in total. The van der Waals surface area contributed by atoms with Gasteiger partial charge in [-0.25, -0.2) is 0 Å². The van der Waals surface area contributed by atoms with Gasteiger partial charge in [0.2, 0.25) is 0 Å². The molecule has 0 aliphatic heterocycles. The lowest BCUT2D eigenvalue weighted by Gasteiger charge is -2.30. The molecule has 6 heteroatoms. The highest BCUT2D eigenvalue weighted by molar-refractivity contribution is 6.37. The zero-order valence-electron chi connectivity index (χ0n) is 20.2. The zero-order chi connectivity index (χ0) is 24.3. The van der Waals surface area contributed by atoms with Gasteiger partial charge in [-0.3, -0.25) is 4.79 Å². The number of phenols is 1. The highest BCUT2D eigenvalue weighted by Crippen LogP contribution is 2.40. The van der Waals surface area contributed by atoms with Crippen LogP contribution in [0, 0.1) is 0 Å². The van der Waals surface area contributed by atoms with Gasteiger partial charge in [-0.05, 0) is 53.4 Å². The second-order valence-electron chi connectivity index (χ2n) is 9.42. The summed E-state index contributed by atoms with van der Waals surface area (Å²) < 4.78 is 5.95. The maximum absolute atomic E-state index is 12.6. The van der Waals surface area contributed by atoms with Gasteiger partial charge in [0.05, 0.1) is 10.7 Å². The van der Waals surface area contributed by atoms with Crippen LogP contribution in [0.2, 0.25) is 10.0 Å². The van der Waals surface area contributed by atoms with Crippen molar-refractivity contribution < 1.29 is 14.6 Å². The molecule has 0 aliphatic rings. The summed E-state index contributed by atoms with van der Waals surface area (Å²) in [5.41, 5.74) is 3.07. The van der Waals surface area contributed by atoms with Crippen molar-refractivity contribution in [1.82, 2.24) is 0 Å². The van der Waals surface area contributed by atoms with Crippen molar-refractivity contribution in [3.8, 4) is 11.5 Å². The first-order chi connectivity index (χ1) is 14.9. The number of halogens is 2. The standard InChI is InChI=1S/C26H35Cl2NO3/c1-8-17-19(27)14-20(24(31)23(17)28)29-22(30)15-32-21-12-11-16(25(4,5)9-2)13-18(21)26(6,7)10-3/h11-14,31H,8-10,15H2,1-7H3,(H,29,30). The Bertz CT molecular complexity index is 984. The molecule has 0 aromatic heterocycles. The van der Waals surface area contributed by atoms with Crippen LogP contribution >= 0.6 is 23.2 Å². The molecular weight excluding hydrogens is 445 g/mol. The number of ether oxygens (including phenoxy) is 1. The molecule has 2 rings (SSSR count). The molecule has 0 heterocycles. The van der Waals surface area contributed by atoms with Crippen LogP contribution in [0.15, 0.2) is 24.3 Å². The van der Waals surface area contributed by atoms with Gasteiger partial charge in [-0.1, -0.05) is 83.8 Å². The predicted molar refractivity (Wildman–Crippen MR) is 135 cm³/mol. The van der Waals surface area contributed by atoms with Gasteiger partial charge in [-0.15, -0.1) is 0 Å². The van der Waals surface area contributed by atoms with E-state index in [0.717, 1.165) is 18.4 Å². The van der Waals surface area contributed by atoms with Crippen molar-refractivity contribution in [2.75, 3.05) is 11.9 Å². The summed E-state index contributed by atoms with van der Waals surface area (Å²) in [4.78, 5) is 12.6. The minimum absolute atomic E-state index is 0.0508. The van der Waals surface area contributed by atoms with Crippen molar-refractivity contribution >= 4 is 34.8 Å². The number of benzene rings is 2. The van der Waals surface area contributed by atoms with Crippen LogP contribution in [0.5, 0.6) is 11.5 Å². The minimum atomic E-state index is -0.407. The number of anilines is 1. The molecule has 0 saturated carbocycles. The molecule has 0 saturated heterocycles. The van der Waals surface area contributed by atoms with Crippen molar-refractivity contribution in [2.24, 2.45) is 0 Å². The Hall–Kier alpha value is -1.91. The molecule has 0 atom stereocenters. The Morgan fingerprint density at radius 1 is 1.03 bits per heavy atom. The molecule has 0 spiro atoms. The molecule has 0 unspecified atom stereocenters. The second kappa shape index (κ2) is 10.4. The number of carbonyl (C=O) groups excluding carboxylic acids is 1. The first-order valence-electron chi connectivity index (χ1n) is 11.1. The third-order valence-corrected chi connectivity index (χ3v) is 7.28. The molecule has 0 bridgehead atoms. The van der Waals surface area contributed by atoms with Crippen LogP contribution in [0.3, 0.4) is 0 Å². The lowest BCUT2D eigenvalue weighted by molar-refractivity contribution is -0.118. The van der Waals surface area contributed by atoms with Gasteiger partial charge in [0.1, 0.15) is 5.75 Å². The summed E-state index contributed by atoms with van der Waals surface area (Å²) in [6.07, 6.45) is 2.52. The Morgan fingerprint density at radius 3 is 2.22 bits per heavy atom. The van der Waals surface area contributed by atoms with Gasteiger partial charge < -0.3 is 15.2 Å². The molecule has 0 aliphatic carbocycles. The van der Waals surface area contributed by atoms with E-state index in [-0.39, 0.29) is 33.9 Å². The Kier molecular flexibility index (Phi) is 8.52. The summed E-state index contributed by atoms with van der Waals surface area (Å²) in [6, 6.07) is 7.73. The third-order valence-electron chi connectivity index (χ3n) is 6.53. The maximum Gasteiger partial charge on any atom is 0.262 e. The average Bonchev–Trinajstić information content (AvgIpc) is 2.76. The largest absolute Gasteiger partial charge is 0.504 e. The first kappa shape index (κ1) is 26.3.